The molecule has 0 amide bonds. The van der Waals surface area contributed by atoms with E-state index in [-0.39, 0.29) is 16.2 Å². The van der Waals surface area contributed by atoms with Gasteiger partial charge in [0.2, 0.25) is 0 Å². The van der Waals surface area contributed by atoms with E-state index in [1.807, 2.05) is 0 Å². The predicted molar refractivity (Wildman–Crippen MR) is 65.9 cm³/mol. The summed E-state index contributed by atoms with van der Waals surface area (Å²) < 4.78 is 25.4. The maximum Gasteiger partial charge on any atom is 0.264 e. The molecule has 0 saturated heterocycles. The number of hydrogen-bond donors (Lipinski definition) is 0. The lowest BCUT2D eigenvalue weighted by atomic mass is 10.1. The summed E-state index contributed by atoms with van der Waals surface area (Å²) in [5.74, 6) is -0.174. The first-order chi connectivity index (χ1) is 7.49. The van der Waals surface area contributed by atoms with Crippen LogP contribution in [0.2, 0.25) is 0 Å². The van der Waals surface area contributed by atoms with E-state index in [0.717, 1.165) is 0 Å². The molecule has 1 aromatic carbocycles. The average molecular weight is 309 g/mol. The predicted octanol–water partition coefficient (Wildman–Crippen LogP) is 4.31. The van der Waals surface area contributed by atoms with Crippen LogP contribution in [0.4, 0.5) is 8.78 Å². The minimum Gasteiger partial charge on any atom is -0.293 e. The van der Waals surface area contributed by atoms with Gasteiger partial charge in [0.25, 0.3) is 6.43 Å². The van der Waals surface area contributed by atoms with Crippen LogP contribution in [0.1, 0.15) is 29.3 Å². The van der Waals surface area contributed by atoms with E-state index >= 15 is 0 Å². The molecular formula is C11H11BrF2OS. The number of hydrogen-bond acceptors (Lipinski definition) is 2. The first-order valence-corrected chi connectivity index (χ1v) is 6.76. The Hall–Kier alpha value is -0.420. The van der Waals surface area contributed by atoms with Gasteiger partial charge in [0.1, 0.15) is 0 Å². The molecule has 16 heavy (non-hydrogen) atoms. The first-order valence-electron chi connectivity index (χ1n) is 4.62. The number of alkyl halides is 3. The van der Waals surface area contributed by atoms with Gasteiger partial charge in [0.15, 0.2) is 5.78 Å². The van der Waals surface area contributed by atoms with Crippen molar-refractivity contribution in [2.75, 3.05) is 6.26 Å². The highest BCUT2D eigenvalue weighted by molar-refractivity contribution is 9.10. The van der Waals surface area contributed by atoms with Gasteiger partial charge in [-0.3, -0.25) is 4.79 Å². The van der Waals surface area contributed by atoms with Gasteiger partial charge in [-0.25, -0.2) is 8.78 Å². The first kappa shape index (κ1) is 13.6. The van der Waals surface area contributed by atoms with E-state index in [9.17, 15) is 13.6 Å². The third-order valence-corrected chi connectivity index (χ3v) is 3.39. The van der Waals surface area contributed by atoms with Crippen molar-refractivity contribution in [2.24, 2.45) is 0 Å². The van der Waals surface area contributed by atoms with Crippen LogP contribution in [0.15, 0.2) is 23.1 Å². The molecule has 1 unspecified atom stereocenters. The fraction of sp³-hybridized carbons (Fsp3) is 0.364. The molecule has 1 atom stereocenters. The smallest absolute Gasteiger partial charge is 0.264 e. The highest BCUT2D eigenvalue weighted by Gasteiger charge is 2.21. The van der Waals surface area contributed by atoms with Crippen LogP contribution < -0.4 is 0 Å². The van der Waals surface area contributed by atoms with Gasteiger partial charge in [-0.15, -0.1) is 11.8 Å². The third kappa shape index (κ3) is 2.83. The van der Waals surface area contributed by atoms with Gasteiger partial charge in [-0.1, -0.05) is 34.1 Å². The van der Waals surface area contributed by atoms with E-state index in [0.29, 0.717) is 10.5 Å². The molecule has 0 heterocycles. The van der Waals surface area contributed by atoms with E-state index in [1.54, 1.807) is 19.2 Å². The summed E-state index contributed by atoms with van der Waals surface area (Å²) in [5, 5.41) is 0. The molecule has 0 aliphatic carbocycles. The molecule has 1 nitrogen and oxygen atoms in total. The van der Waals surface area contributed by atoms with Crippen molar-refractivity contribution in [2.45, 2.75) is 23.1 Å². The van der Waals surface area contributed by atoms with Crippen LogP contribution >= 0.6 is 27.7 Å². The minimum absolute atomic E-state index is 0.0773. The molecule has 0 saturated carbocycles. The lowest BCUT2D eigenvalue weighted by Gasteiger charge is -2.12. The van der Waals surface area contributed by atoms with Gasteiger partial charge in [0.05, 0.1) is 4.83 Å². The zero-order valence-corrected chi connectivity index (χ0v) is 11.2. The number of carbonyl (C=O) groups excluding carboxylic acids is 1. The molecule has 0 aliphatic heterocycles. The number of thioether (sulfide) groups is 1. The van der Waals surface area contributed by atoms with Gasteiger partial charge >= 0.3 is 0 Å². The van der Waals surface area contributed by atoms with E-state index in [1.165, 1.54) is 23.9 Å². The lowest BCUT2D eigenvalue weighted by molar-refractivity contribution is 0.0991. The van der Waals surface area contributed by atoms with Crippen LogP contribution in [-0.2, 0) is 0 Å². The van der Waals surface area contributed by atoms with Crippen molar-refractivity contribution < 1.29 is 13.6 Å². The molecule has 1 aromatic rings. The second-order valence-electron chi connectivity index (χ2n) is 3.21. The quantitative estimate of drug-likeness (QED) is 0.468. The van der Waals surface area contributed by atoms with Crippen molar-refractivity contribution >= 4 is 33.5 Å². The normalized spacial score (nSPS) is 12.9. The fourth-order valence-corrected chi connectivity index (χ4v) is 2.39. The van der Waals surface area contributed by atoms with Crippen molar-refractivity contribution in [3.8, 4) is 0 Å². The van der Waals surface area contributed by atoms with Crippen molar-refractivity contribution in [3.05, 3.63) is 29.3 Å². The van der Waals surface area contributed by atoms with Crippen LogP contribution in [-0.4, -0.2) is 16.9 Å². The molecule has 5 heteroatoms. The van der Waals surface area contributed by atoms with E-state index in [2.05, 4.69) is 15.9 Å². The Kier molecular flexibility index (Phi) is 4.92. The molecule has 88 valence electrons. The van der Waals surface area contributed by atoms with Gasteiger partial charge in [-0.2, -0.15) is 0 Å². The van der Waals surface area contributed by atoms with Crippen molar-refractivity contribution in [1.29, 1.82) is 0 Å². The number of benzene rings is 1. The summed E-state index contributed by atoms with van der Waals surface area (Å²) in [6, 6.07) is 4.42. The van der Waals surface area contributed by atoms with Crippen molar-refractivity contribution in [3.63, 3.8) is 0 Å². The molecule has 0 radical (unpaired) electrons. The Morgan fingerprint density at radius 3 is 2.50 bits per heavy atom. The van der Waals surface area contributed by atoms with Gasteiger partial charge in [-0.05, 0) is 13.2 Å². The van der Waals surface area contributed by atoms with Crippen LogP contribution in [0.25, 0.3) is 0 Å². The number of rotatable bonds is 4. The zero-order chi connectivity index (χ0) is 12.3. The highest BCUT2D eigenvalue weighted by atomic mass is 79.9. The molecule has 0 N–H and O–H groups in total. The molecule has 0 aromatic heterocycles. The molecular weight excluding hydrogens is 298 g/mol. The Bertz CT molecular complexity index is 394. The van der Waals surface area contributed by atoms with Crippen LogP contribution in [0, 0.1) is 0 Å². The topological polar surface area (TPSA) is 17.1 Å². The number of halogens is 3. The maximum atomic E-state index is 12.7. The summed E-state index contributed by atoms with van der Waals surface area (Å²) in [7, 11) is 0. The molecule has 0 fully saturated rings. The second-order valence-corrected chi connectivity index (χ2v) is 5.40. The molecule has 0 bridgehead atoms. The monoisotopic (exact) mass is 308 g/mol. The minimum atomic E-state index is -2.55. The Morgan fingerprint density at radius 2 is 2.06 bits per heavy atom. The summed E-state index contributed by atoms with van der Waals surface area (Å²) in [6.07, 6.45) is -0.863. The standard InChI is InChI=1S/C11H11BrF2OS/c1-6(12)9(15)7-4-3-5-8(11(13)14)10(7)16-2/h3-6,11H,1-2H3. The average Bonchev–Trinajstić information content (AvgIpc) is 2.26. The fourth-order valence-electron chi connectivity index (χ4n) is 1.36. The lowest BCUT2D eigenvalue weighted by Crippen LogP contribution is -2.12. The van der Waals surface area contributed by atoms with E-state index < -0.39 is 6.43 Å². The molecule has 0 aliphatic rings. The zero-order valence-electron chi connectivity index (χ0n) is 8.84. The highest BCUT2D eigenvalue weighted by Crippen LogP contribution is 2.33. The Labute approximate surface area is 106 Å². The summed E-state index contributed by atoms with van der Waals surface area (Å²) >= 11 is 4.33. The van der Waals surface area contributed by atoms with Gasteiger partial charge < -0.3 is 0 Å². The number of Topliss-reactive ketones (excluding diaryl/α,β-unsaturated/α-hetero) is 1. The molecule has 1 rings (SSSR count). The summed E-state index contributed by atoms with van der Waals surface area (Å²) in [4.78, 5) is 11.8. The van der Waals surface area contributed by atoms with Crippen LogP contribution in [0.5, 0.6) is 0 Å². The maximum absolute atomic E-state index is 12.7. The SMILES string of the molecule is CSc1c(C(=O)C(C)Br)cccc1C(F)F. The number of carbonyl (C=O) groups is 1. The number of ketones is 1. The third-order valence-electron chi connectivity index (χ3n) is 2.11. The molecule has 0 spiro atoms. The summed E-state index contributed by atoms with van der Waals surface area (Å²) in [6.45, 7) is 1.68. The van der Waals surface area contributed by atoms with Crippen LogP contribution in [0.3, 0.4) is 0 Å². The Morgan fingerprint density at radius 1 is 1.44 bits per heavy atom. The van der Waals surface area contributed by atoms with E-state index in [4.69, 9.17) is 0 Å². The van der Waals surface area contributed by atoms with Crippen molar-refractivity contribution in [1.82, 2.24) is 0 Å². The summed E-state index contributed by atoms with van der Waals surface area (Å²) in [5.41, 5.74) is 0.279. The second kappa shape index (κ2) is 5.77. The largest absolute Gasteiger partial charge is 0.293 e. The van der Waals surface area contributed by atoms with Gasteiger partial charge in [0, 0.05) is 16.0 Å². The Balaban J connectivity index is 3.29.